The summed E-state index contributed by atoms with van der Waals surface area (Å²) in [6.07, 6.45) is 12.5. The number of fused-ring (bicyclic) bond motifs is 2. The maximum atomic E-state index is 4.93. The molecule has 0 saturated heterocycles. The van der Waals surface area contributed by atoms with Gasteiger partial charge in [0.25, 0.3) is 0 Å². The van der Waals surface area contributed by atoms with Crippen LogP contribution < -0.4 is 0 Å². The van der Waals surface area contributed by atoms with Gasteiger partial charge in [-0.25, -0.2) is 0 Å². The van der Waals surface area contributed by atoms with Crippen LogP contribution in [0.1, 0.15) is 120 Å². The van der Waals surface area contributed by atoms with Gasteiger partial charge in [0.05, 0.1) is 0 Å². The Balaban J connectivity index is 0.000000169. The molecule has 6 aromatic rings. The molecule has 0 nitrogen and oxygen atoms in total. The van der Waals surface area contributed by atoms with E-state index in [9.17, 15) is 0 Å². The average molecular weight is 877 g/mol. The van der Waals surface area contributed by atoms with Crippen LogP contribution in [-0.4, -0.2) is 9.52 Å². The Bertz CT molecular complexity index is 2080. The summed E-state index contributed by atoms with van der Waals surface area (Å²) in [5, 5.41) is 5.56. The van der Waals surface area contributed by atoms with Gasteiger partial charge in [-0.15, -0.1) is 69.1 Å². The van der Waals surface area contributed by atoms with E-state index < -0.39 is 20.8 Å². The molecule has 4 fully saturated rings. The molecule has 4 heteroatoms. The predicted octanol–water partition coefficient (Wildman–Crippen LogP) is 16.7. The molecular formula is C52H62Cl2SiZr. The second-order valence-electron chi connectivity index (χ2n) is 17.4. The van der Waals surface area contributed by atoms with Crippen LogP contribution in [0.2, 0.25) is 13.1 Å². The van der Waals surface area contributed by atoms with Crippen LogP contribution in [0, 0.1) is 17.8 Å². The summed E-state index contributed by atoms with van der Waals surface area (Å²) in [5.74, 6) is 4.27. The summed E-state index contributed by atoms with van der Waals surface area (Å²) in [6.45, 7) is 15.6. The van der Waals surface area contributed by atoms with Gasteiger partial charge in [-0.05, 0) is 109 Å². The predicted molar refractivity (Wildman–Crippen MR) is 246 cm³/mol. The third-order valence-corrected chi connectivity index (χ3v) is 13.0. The van der Waals surface area contributed by atoms with Gasteiger partial charge in [0.1, 0.15) is 0 Å². The van der Waals surface area contributed by atoms with Gasteiger partial charge in [-0.2, -0.15) is 12.1 Å². The van der Waals surface area contributed by atoms with E-state index in [4.69, 9.17) is 17.0 Å². The van der Waals surface area contributed by atoms with Crippen molar-refractivity contribution >= 4 is 48.1 Å². The van der Waals surface area contributed by atoms with Crippen molar-refractivity contribution in [2.75, 3.05) is 0 Å². The van der Waals surface area contributed by atoms with Crippen molar-refractivity contribution in [3.05, 3.63) is 131 Å². The molecule has 2 radical (unpaired) electrons. The number of halogens is 2. The number of aryl methyl sites for hydroxylation is 1. The monoisotopic (exact) mass is 874 g/mol. The third kappa shape index (κ3) is 9.96. The molecule has 4 aliphatic carbocycles. The zero-order valence-electron chi connectivity index (χ0n) is 34.9. The first-order valence-corrected chi connectivity index (χ1v) is 29.6. The number of rotatable bonds is 8. The molecule has 4 aliphatic rings. The Kier molecular flexibility index (Phi) is 15.6. The van der Waals surface area contributed by atoms with Crippen molar-refractivity contribution in [3.8, 4) is 22.3 Å². The van der Waals surface area contributed by atoms with Crippen LogP contribution in [0.25, 0.3) is 43.8 Å². The molecule has 4 saturated carbocycles. The Morgan fingerprint density at radius 2 is 1.18 bits per heavy atom. The van der Waals surface area contributed by atoms with Gasteiger partial charge in [0.2, 0.25) is 0 Å². The average Bonchev–Trinajstić information content (AvgIpc) is 3.84. The quantitative estimate of drug-likeness (QED) is 0.106. The zero-order valence-corrected chi connectivity index (χ0v) is 39.9. The van der Waals surface area contributed by atoms with E-state index in [1.165, 1.54) is 112 Å². The van der Waals surface area contributed by atoms with Crippen LogP contribution in [0.5, 0.6) is 0 Å². The molecule has 6 aromatic carbocycles. The Morgan fingerprint density at radius 1 is 0.696 bits per heavy atom. The normalized spacial score (nSPS) is 21.1. The first kappa shape index (κ1) is 43.4. The molecule has 0 aliphatic heterocycles. The van der Waals surface area contributed by atoms with Gasteiger partial charge in [0, 0.05) is 9.52 Å². The van der Waals surface area contributed by atoms with Crippen LogP contribution in [0.3, 0.4) is 0 Å². The fraction of sp³-hybridized carbons (Fsp3) is 0.423. The Hall–Kier alpha value is -2.22. The number of hydrogen-bond acceptors (Lipinski definition) is 0. The molecule has 0 heterocycles. The van der Waals surface area contributed by atoms with E-state index in [0.29, 0.717) is 17.3 Å². The number of benzene rings is 4. The van der Waals surface area contributed by atoms with Crippen molar-refractivity contribution in [1.29, 1.82) is 0 Å². The van der Waals surface area contributed by atoms with Gasteiger partial charge >= 0.3 is 37.9 Å². The zero-order chi connectivity index (χ0) is 39.8. The standard InChI is InChI=1S/C27H29.C23H27.C2H6Si.2ClH.Zr/c1-2-18-13-23-4-3-5-25(26(23)14-18)22-6-8-24(9-7-22)27-15-19-10-20(16-27)12-21(11-19)17-27;1-5-7-17(4)21-14-20-8-6-9-22(23(20)15-21)19-12-10-18(11-13-19)16(2)3;1-3-2;;;/h3-9,13-14,19-21H,2,10-12,15-17H2,1H3;6,8-17H,5,7H2,1-4H3;1-2H3;2*1H;/q2*-1;;;;+4/p-2. The van der Waals surface area contributed by atoms with Crippen LogP contribution in [0.15, 0.2) is 109 Å². The molecule has 0 amide bonds. The van der Waals surface area contributed by atoms with Crippen molar-refractivity contribution in [2.45, 2.75) is 123 Å². The van der Waals surface area contributed by atoms with Crippen molar-refractivity contribution in [3.63, 3.8) is 0 Å². The second kappa shape index (κ2) is 20.2. The van der Waals surface area contributed by atoms with E-state index in [1.54, 1.807) is 5.56 Å². The van der Waals surface area contributed by atoms with E-state index in [0.717, 1.165) is 33.7 Å². The van der Waals surface area contributed by atoms with E-state index in [2.05, 4.69) is 157 Å². The van der Waals surface area contributed by atoms with E-state index in [1.807, 2.05) is 0 Å². The topological polar surface area (TPSA) is 0 Å². The van der Waals surface area contributed by atoms with Crippen molar-refractivity contribution in [2.24, 2.45) is 17.8 Å². The molecule has 1 unspecified atom stereocenters. The summed E-state index contributed by atoms with van der Waals surface area (Å²) in [5.41, 5.74) is 11.9. The van der Waals surface area contributed by atoms with E-state index >= 15 is 0 Å². The maximum absolute atomic E-state index is 4.93. The van der Waals surface area contributed by atoms with Gasteiger partial charge in [-0.3, -0.25) is 0 Å². The Labute approximate surface area is 360 Å². The van der Waals surface area contributed by atoms with Crippen molar-refractivity contribution < 1.29 is 20.8 Å². The van der Waals surface area contributed by atoms with Crippen LogP contribution in [0.4, 0.5) is 0 Å². The molecule has 0 N–H and O–H groups in total. The van der Waals surface area contributed by atoms with Gasteiger partial charge in [0.15, 0.2) is 0 Å². The second-order valence-corrected chi connectivity index (χ2v) is 22.2. The molecule has 292 valence electrons. The fourth-order valence-electron chi connectivity index (χ4n) is 10.7. The minimum atomic E-state index is -0.826. The van der Waals surface area contributed by atoms with Crippen LogP contribution in [-0.2, 0) is 32.7 Å². The molecule has 56 heavy (non-hydrogen) atoms. The SMILES string of the molecule is CCCC(C)c1cc2c(-c3ccc(C(C)C)cc3)cccc2[cH-]1.CCc1cc2c(-c3ccc(C45CC6CC(CC(C6)C4)C5)cc3)cccc2[cH-]1.C[Si]C.[Cl][Zr+2][Cl]. The minimum absolute atomic E-state index is 0.509. The molecule has 0 spiro atoms. The molecule has 4 bridgehead atoms. The summed E-state index contributed by atoms with van der Waals surface area (Å²) in [4.78, 5) is 0. The number of hydrogen-bond donors (Lipinski definition) is 0. The first-order chi connectivity index (χ1) is 27.1. The summed E-state index contributed by atoms with van der Waals surface area (Å²) >= 11 is -0.826. The molecule has 1 atom stereocenters. The Morgan fingerprint density at radius 3 is 1.66 bits per heavy atom. The summed E-state index contributed by atoms with van der Waals surface area (Å²) < 4.78 is 0. The molecule has 10 rings (SSSR count). The summed E-state index contributed by atoms with van der Waals surface area (Å²) in [7, 11) is 11.0. The van der Waals surface area contributed by atoms with Crippen molar-refractivity contribution in [1.82, 2.24) is 0 Å². The van der Waals surface area contributed by atoms with Gasteiger partial charge in [-0.1, -0.05) is 126 Å². The van der Waals surface area contributed by atoms with Crippen LogP contribution >= 0.6 is 17.0 Å². The fourth-order valence-corrected chi connectivity index (χ4v) is 10.7. The summed E-state index contributed by atoms with van der Waals surface area (Å²) in [6, 6.07) is 41.8. The first-order valence-electron chi connectivity index (χ1n) is 21.3. The van der Waals surface area contributed by atoms with E-state index in [-0.39, 0.29) is 0 Å². The molecule has 0 aromatic heterocycles. The van der Waals surface area contributed by atoms with Gasteiger partial charge < -0.3 is 0 Å². The third-order valence-electron chi connectivity index (χ3n) is 13.0. The molecular weight excluding hydrogens is 815 g/mol.